The number of aromatic nitrogens is 2. The molecule has 1 unspecified atom stereocenters. The Bertz CT molecular complexity index is 600. The van der Waals surface area contributed by atoms with Gasteiger partial charge in [0.1, 0.15) is 6.10 Å². The Morgan fingerprint density at radius 2 is 2.00 bits per heavy atom. The summed E-state index contributed by atoms with van der Waals surface area (Å²) in [7, 11) is 0. The average Bonchev–Trinajstić information content (AvgIpc) is 3.11. The quantitative estimate of drug-likeness (QED) is 0.782. The van der Waals surface area contributed by atoms with Gasteiger partial charge in [0.2, 0.25) is 0 Å². The molecule has 0 fully saturated rings. The molecule has 0 bridgehead atoms. The topological polar surface area (TPSA) is 38.0 Å². The van der Waals surface area contributed by atoms with Crippen molar-refractivity contribution in [1.29, 1.82) is 0 Å². The molecule has 3 nitrogen and oxygen atoms in total. The molecule has 90 valence electrons. The number of hydrogen-bond donors (Lipinski definition) is 1. The van der Waals surface area contributed by atoms with Crippen LogP contribution in [-0.2, 0) is 0 Å². The third kappa shape index (κ3) is 2.08. The number of imidazole rings is 1. The van der Waals surface area contributed by atoms with Gasteiger partial charge in [-0.05, 0) is 29.1 Å². The maximum atomic E-state index is 10.2. The van der Waals surface area contributed by atoms with E-state index in [1.807, 2.05) is 52.5 Å². The summed E-state index contributed by atoms with van der Waals surface area (Å²) >= 11 is 1.56. The summed E-state index contributed by atoms with van der Waals surface area (Å²) in [6.07, 6.45) is 4.85. The smallest absolute Gasteiger partial charge is 0.113 e. The van der Waals surface area contributed by atoms with Gasteiger partial charge in [0.25, 0.3) is 0 Å². The Kier molecular flexibility index (Phi) is 2.96. The van der Waals surface area contributed by atoms with E-state index < -0.39 is 6.10 Å². The highest BCUT2D eigenvalue weighted by Crippen LogP contribution is 2.26. The number of benzene rings is 1. The van der Waals surface area contributed by atoms with Gasteiger partial charge < -0.3 is 9.67 Å². The zero-order valence-electron chi connectivity index (χ0n) is 9.60. The van der Waals surface area contributed by atoms with Gasteiger partial charge in [-0.1, -0.05) is 18.2 Å². The molecule has 0 aliphatic heterocycles. The lowest BCUT2D eigenvalue weighted by Crippen LogP contribution is -1.97. The lowest BCUT2D eigenvalue weighted by molar-refractivity contribution is 0.224. The molecular formula is C14H12N2OS. The fraction of sp³-hybridized carbons (Fsp3) is 0.0714. The van der Waals surface area contributed by atoms with E-state index in [-0.39, 0.29) is 0 Å². The van der Waals surface area contributed by atoms with Crippen molar-refractivity contribution in [1.82, 2.24) is 9.55 Å². The van der Waals surface area contributed by atoms with Crippen LogP contribution in [0.5, 0.6) is 0 Å². The molecule has 3 rings (SSSR count). The first-order valence-corrected chi connectivity index (χ1v) is 6.52. The highest BCUT2D eigenvalue weighted by Gasteiger charge is 2.10. The van der Waals surface area contributed by atoms with Crippen molar-refractivity contribution < 1.29 is 5.11 Å². The Hall–Kier alpha value is -1.91. The molecule has 0 amide bonds. The summed E-state index contributed by atoms with van der Waals surface area (Å²) in [4.78, 5) is 4.98. The van der Waals surface area contributed by atoms with Crippen molar-refractivity contribution in [3.05, 3.63) is 70.9 Å². The minimum absolute atomic E-state index is 0.540. The fourth-order valence-corrected chi connectivity index (χ4v) is 2.59. The minimum atomic E-state index is -0.540. The Labute approximate surface area is 109 Å². The molecule has 0 radical (unpaired) electrons. The standard InChI is InChI=1S/C14H12N2OS/c17-14(13-2-1-9-18-13)11-3-5-12(6-4-11)16-8-7-15-10-16/h1-10,14,17H. The van der Waals surface area contributed by atoms with Crippen LogP contribution in [0.15, 0.2) is 60.5 Å². The third-order valence-corrected chi connectivity index (χ3v) is 3.75. The van der Waals surface area contributed by atoms with Crippen molar-refractivity contribution in [3.63, 3.8) is 0 Å². The normalized spacial score (nSPS) is 12.5. The van der Waals surface area contributed by atoms with E-state index in [0.29, 0.717) is 0 Å². The Morgan fingerprint density at radius 1 is 1.17 bits per heavy atom. The zero-order valence-corrected chi connectivity index (χ0v) is 10.4. The van der Waals surface area contributed by atoms with Crippen molar-refractivity contribution in [2.24, 2.45) is 0 Å². The lowest BCUT2D eigenvalue weighted by atomic mass is 10.1. The first-order chi connectivity index (χ1) is 8.84. The molecule has 0 aliphatic carbocycles. The maximum Gasteiger partial charge on any atom is 0.113 e. The van der Waals surface area contributed by atoms with Gasteiger partial charge in [-0.2, -0.15) is 0 Å². The molecule has 2 heterocycles. The van der Waals surface area contributed by atoms with E-state index in [2.05, 4.69) is 4.98 Å². The van der Waals surface area contributed by atoms with Crippen LogP contribution in [-0.4, -0.2) is 14.7 Å². The summed E-state index contributed by atoms with van der Waals surface area (Å²) in [5.74, 6) is 0. The highest BCUT2D eigenvalue weighted by atomic mass is 32.1. The van der Waals surface area contributed by atoms with Crippen LogP contribution in [0.2, 0.25) is 0 Å². The number of nitrogens with zero attached hydrogens (tertiary/aromatic N) is 2. The van der Waals surface area contributed by atoms with Gasteiger partial charge in [-0.15, -0.1) is 11.3 Å². The number of thiophene rings is 1. The molecular weight excluding hydrogens is 244 g/mol. The summed E-state index contributed by atoms with van der Waals surface area (Å²) < 4.78 is 1.93. The molecule has 1 aromatic carbocycles. The van der Waals surface area contributed by atoms with Crippen LogP contribution in [0.3, 0.4) is 0 Å². The summed E-state index contributed by atoms with van der Waals surface area (Å²) in [5, 5.41) is 12.2. The predicted molar refractivity (Wildman–Crippen MR) is 71.9 cm³/mol. The number of rotatable bonds is 3. The Balaban J connectivity index is 1.87. The SMILES string of the molecule is OC(c1ccc(-n2ccnc2)cc1)c1cccs1. The largest absolute Gasteiger partial charge is 0.383 e. The molecule has 3 aromatic rings. The second kappa shape index (κ2) is 4.76. The van der Waals surface area contributed by atoms with E-state index in [9.17, 15) is 5.11 Å². The Morgan fingerprint density at radius 3 is 2.61 bits per heavy atom. The van der Waals surface area contributed by atoms with Crippen molar-refractivity contribution in [2.75, 3.05) is 0 Å². The van der Waals surface area contributed by atoms with Gasteiger partial charge in [-0.3, -0.25) is 0 Å². The molecule has 0 saturated heterocycles. The average molecular weight is 256 g/mol. The number of aliphatic hydroxyl groups excluding tert-OH is 1. The van der Waals surface area contributed by atoms with Crippen molar-refractivity contribution >= 4 is 11.3 Å². The van der Waals surface area contributed by atoms with Crippen LogP contribution >= 0.6 is 11.3 Å². The monoisotopic (exact) mass is 256 g/mol. The molecule has 0 spiro atoms. The van der Waals surface area contributed by atoms with Crippen LogP contribution in [0.4, 0.5) is 0 Å². The van der Waals surface area contributed by atoms with Gasteiger partial charge in [-0.25, -0.2) is 4.98 Å². The molecule has 0 saturated carbocycles. The number of hydrogen-bond acceptors (Lipinski definition) is 3. The van der Waals surface area contributed by atoms with Crippen molar-refractivity contribution in [3.8, 4) is 5.69 Å². The molecule has 1 N–H and O–H groups in total. The van der Waals surface area contributed by atoms with Crippen LogP contribution in [0.1, 0.15) is 16.5 Å². The molecule has 2 aromatic heterocycles. The van der Waals surface area contributed by atoms with Crippen LogP contribution < -0.4 is 0 Å². The first kappa shape index (κ1) is 11.2. The van der Waals surface area contributed by atoms with E-state index in [0.717, 1.165) is 16.1 Å². The minimum Gasteiger partial charge on any atom is -0.383 e. The van der Waals surface area contributed by atoms with E-state index >= 15 is 0 Å². The molecule has 0 aliphatic rings. The van der Waals surface area contributed by atoms with Gasteiger partial charge in [0, 0.05) is 23.0 Å². The van der Waals surface area contributed by atoms with Crippen molar-refractivity contribution in [2.45, 2.75) is 6.10 Å². The predicted octanol–water partition coefficient (Wildman–Crippen LogP) is 3.02. The second-order valence-corrected chi connectivity index (χ2v) is 4.96. The van der Waals surface area contributed by atoms with Crippen LogP contribution in [0, 0.1) is 0 Å². The molecule has 18 heavy (non-hydrogen) atoms. The first-order valence-electron chi connectivity index (χ1n) is 5.64. The van der Waals surface area contributed by atoms with Gasteiger partial charge >= 0.3 is 0 Å². The summed E-state index contributed by atoms with van der Waals surface area (Å²) in [5.41, 5.74) is 1.94. The van der Waals surface area contributed by atoms with E-state index in [1.54, 1.807) is 23.9 Å². The van der Waals surface area contributed by atoms with E-state index in [4.69, 9.17) is 0 Å². The van der Waals surface area contributed by atoms with E-state index in [1.165, 1.54) is 0 Å². The fourth-order valence-electron chi connectivity index (χ4n) is 1.85. The highest BCUT2D eigenvalue weighted by molar-refractivity contribution is 7.10. The lowest BCUT2D eigenvalue weighted by Gasteiger charge is -2.10. The summed E-state index contributed by atoms with van der Waals surface area (Å²) in [6, 6.07) is 11.7. The van der Waals surface area contributed by atoms with Gasteiger partial charge in [0.15, 0.2) is 0 Å². The molecule has 4 heteroatoms. The maximum absolute atomic E-state index is 10.2. The second-order valence-electron chi connectivity index (χ2n) is 3.98. The summed E-state index contributed by atoms with van der Waals surface area (Å²) in [6.45, 7) is 0. The van der Waals surface area contributed by atoms with Gasteiger partial charge in [0.05, 0.1) is 6.33 Å². The number of aliphatic hydroxyl groups is 1. The third-order valence-electron chi connectivity index (χ3n) is 2.82. The zero-order chi connectivity index (χ0) is 12.4. The van der Waals surface area contributed by atoms with Crippen LogP contribution in [0.25, 0.3) is 5.69 Å². The molecule has 1 atom stereocenters.